The molecule has 3 aromatic rings. The number of amides is 1. The Morgan fingerprint density at radius 3 is 2.33 bits per heavy atom. The molecule has 0 radical (unpaired) electrons. The predicted octanol–water partition coefficient (Wildman–Crippen LogP) is 6.30. The van der Waals surface area contributed by atoms with E-state index in [4.69, 9.17) is 4.74 Å². The van der Waals surface area contributed by atoms with Crippen molar-refractivity contribution in [2.75, 3.05) is 4.90 Å². The average molecular weight is 442 g/mol. The number of carbonyl (C=O) groups excluding carboxylic acids is 2. The third-order valence-electron chi connectivity index (χ3n) is 5.63. The van der Waals surface area contributed by atoms with E-state index in [2.05, 4.69) is 0 Å². The van der Waals surface area contributed by atoms with Gasteiger partial charge in [-0.3, -0.25) is 14.5 Å². The van der Waals surface area contributed by atoms with Gasteiger partial charge >= 0.3 is 0 Å². The van der Waals surface area contributed by atoms with E-state index in [1.807, 2.05) is 99.6 Å². The third-order valence-corrected chi connectivity index (χ3v) is 5.63. The molecule has 0 fully saturated rings. The molecule has 1 N–H and O–H groups in total. The second-order valence-electron chi connectivity index (χ2n) is 8.64. The van der Waals surface area contributed by atoms with Crippen molar-refractivity contribution < 1.29 is 19.4 Å². The summed E-state index contributed by atoms with van der Waals surface area (Å²) in [6, 6.07) is 23.4. The molecule has 1 atom stereocenters. The molecular weight excluding hydrogens is 414 g/mol. The number of aliphatic hydroxyl groups excluding tert-OH is 1. The fraction of sp³-hybridized carbons (Fsp3) is 0.214. The van der Waals surface area contributed by atoms with Gasteiger partial charge in [0.1, 0.15) is 11.5 Å². The number of ether oxygens (including phenoxy) is 1. The number of hydrogen-bond donors (Lipinski definition) is 1. The summed E-state index contributed by atoms with van der Waals surface area (Å²) in [6.45, 7) is 5.78. The van der Waals surface area contributed by atoms with Crippen LogP contribution in [0.5, 0.6) is 11.5 Å². The Hall–Kier alpha value is -3.86. The molecular formula is C28H27NO4. The number of Topliss-reactive ketones (excluding diaryl/α,β-unsaturated/α-hetero) is 1. The Kier molecular flexibility index (Phi) is 6.31. The van der Waals surface area contributed by atoms with Crippen LogP contribution in [0, 0.1) is 12.8 Å². The molecule has 5 nitrogen and oxygen atoms in total. The van der Waals surface area contributed by atoms with E-state index in [0.29, 0.717) is 22.7 Å². The van der Waals surface area contributed by atoms with Gasteiger partial charge < -0.3 is 9.84 Å². The number of hydrogen-bond acceptors (Lipinski definition) is 4. The zero-order chi connectivity index (χ0) is 23.5. The molecule has 0 bridgehead atoms. The topological polar surface area (TPSA) is 66.8 Å². The normalized spacial score (nSPS) is 15.9. The van der Waals surface area contributed by atoms with Gasteiger partial charge in [0.25, 0.3) is 5.91 Å². The standard InChI is InChI=1S/C28H27NO4/c1-18(2)16-24(30)25-26(29(28(32)27(25)31)23-15-8-7-10-19(23)3)20-11-9-14-22(17-20)33-21-12-5-4-6-13-21/h4-15,17-18,26,31H,16H2,1-3H3. The van der Waals surface area contributed by atoms with Crippen molar-refractivity contribution >= 4 is 17.4 Å². The van der Waals surface area contributed by atoms with Crippen LogP contribution in [0.2, 0.25) is 0 Å². The Balaban J connectivity index is 1.81. The van der Waals surface area contributed by atoms with Crippen molar-refractivity contribution in [2.45, 2.75) is 33.2 Å². The molecule has 168 valence electrons. The highest BCUT2D eigenvalue weighted by Crippen LogP contribution is 2.43. The molecule has 1 aliphatic rings. The molecule has 5 heteroatoms. The fourth-order valence-corrected chi connectivity index (χ4v) is 4.14. The minimum Gasteiger partial charge on any atom is -0.503 e. The van der Waals surface area contributed by atoms with Crippen molar-refractivity contribution in [2.24, 2.45) is 5.92 Å². The van der Waals surface area contributed by atoms with E-state index < -0.39 is 17.7 Å². The van der Waals surface area contributed by atoms with Crippen LogP contribution in [-0.2, 0) is 9.59 Å². The lowest BCUT2D eigenvalue weighted by molar-refractivity contribution is -0.118. The van der Waals surface area contributed by atoms with Gasteiger partial charge in [0, 0.05) is 12.1 Å². The van der Waals surface area contributed by atoms with Crippen molar-refractivity contribution in [3.8, 4) is 11.5 Å². The molecule has 0 aliphatic carbocycles. The number of carbonyl (C=O) groups is 2. The molecule has 0 saturated heterocycles. The van der Waals surface area contributed by atoms with Crippen molar-refractivity contribution in [3.05, 3.63) is 101 Å². The first-order chi connectivity index (χ1) is 15.9. The predicted molar refractivity (Wildman–Crippen MR) is 128 cm³/mol. The van der Waals surface area contributed by atoms with Crippen LogP contribution >= 0.6 is 0 Å². The van der Waals surface area contributed by atoms with E-state index in [9.17, 15) is 14.7 Å². The number of rotatable bonds is 7. The highest BCUT2D eigenvalue weighted by atomic mass is 16.5. The molecule has 3 aromatic carbocycles. The summed E-state index contributed by atoms with van der Waals surface area (Å²) in [6.07, 6.45) is 0.241. The number of aliphatic hydroxyl groups is 1. The van der Waals surface area contributed by atoms with Gasteiger partial charge in [-0.15, -0.1) is 0 Å². The first-order valence-electron chi connectivity index (χ1n) is 11.0. The molecule has 0 spiro atoms. The minimum absolute atomic E-state index is 0.0915. The maximum absolute atomic E-state index is 13.3. The summed E-state index contributed by atoms with van der Waals surface area (Å²) in [5, 5.41) is 10.8. The van der Waals surface area contributed by atoms with Gasteiger partial charge in [-0.25, -0.2) is 0 Å². The molecule has 4 rings (SSSR count). The van der Waals surface area contributed by atoms with Gasteiger partial charge in [0.2, 0.25) is 0 Å². The van der Waals surface area contributed by atoms with E-state index in [1.165, 1.54) is 4.90 Å². The van der Waals surface area contributed by atoms with Crippen molar-refractivity contribution in [1.82, 2.24) is 0 Å². The molecule has 0 aromatic heterocycles. The number of ketones is 1. The fourth-order valence-electron chi connectivity index (χ4n) is 4.14. The summed E-state index contributed by atoms with van der Waals surface area (Å²) in [7, 11) is 0. The van der Waals surface area contributed by atoms with Gasteiger partial charge in [-0.2, -0.15) is 0 Å². The van der Waals surface area contributed by atoms with Crippen LogP contribution in [-0.4, -0.2) is 16.8 Å². The Morgan fingerprint density at radius 2 is 1.64 bits per heavy atom. The Labute approximate surface area is 193 Å². The second kappa shape index (κ2) is 9.33. The highest BCUT2D eigenvalue weighted by Gasteiger charge is 2.44. The van der Waals surface area contributed by atoms with Gasteiger partial charge in [-0.05, 0) is 54.3 Å². The summed E-state index contributed by atoms with van der Waals surface area (Å²) >= 11 is 0. The van der Waals surface area contributed by atoms with E-state index in [1.54, 1.807) is 0 Å². The number of para-hydroxylation sites is 2. The smallest absolute Gasteiger partial charge is 0.294 e. The number of anilines is 1. The second-order valence-corrected chi connectivity index (χ2v) is 8.64. The lowest BCUT2D eigenvalue weighted by atomic mass is 9.91. The largest absolute Gasteiger partial charge is 0.503 e. The van der Waals surface area contributed by atoms with Crippen LogP contribution in [0.25, 0.3) is 0 Å². The summed E-state index contributed by atoms with van der Waals surface area (Å²) in [5.74, 6) is 0.0690. The van der Waals surface area contributed by atoms with Crippen LogP contribution in [0.15, 0.2) is 90.2 Å². The van der Waals surface area contributed by atoms with Crippen LogP contribution in [0.4, 0.5) is 5.69 Å². The third kappa shape index (κ3) is 4.53. The summed E-state index contributed by atoms with van der Waals surface area (Å²) < 4.78 is 5.99. The summed E-state index contributed by atoms with van der Waals surface area (Å²) in [5.41, 5.74) is 2.35. The van der Waals surface area contributed by atoms with Crippen LogP contribution in [0.1, 0.15) is 37.4 Å². The zero-order valence-corrected chi connectivity index (χ0v) is 19.0. The van der Waals surface area contributed by atoms with Crippen molar-refractivity contribution in [1.29, 1.82) is 0 Å². The monoisotopic (exact) mass is 441 g/mol. The molecule has 1 aliphatic heterocycles. The van der Waals surface area contributed by atoms with E-state index >= 15 is 0 Å². The van der Waals surface area contributed by atoms with Crippen LogP contribution in [0.3, 0.4) is 0 Å². The molecule has 33 heavy (non-hydrogen) atoms. The number of benzene rings is 3. The molecule has 1 unspecified atom stereocenters. The van der Waals surface area contributed by atoms with Crippen molar-refractivity contribution in [3.63, 3.8) is 0 Å². The minimum atomic E-state index is -0.746. The zero-order valence-electron chi connectivity index (χ0n) is 19.0. The maximum atomic E-state index is 13.3. The lowest BCUT2D eigenvalue weighted by Crippen LogP contribution is -2.31. The van der Waals surface area contributed by atoms with Gasteiger partial charge in [0.05, 0.1) is 11.6 Å². The molecule has 1 heterocycles. The van der Waals surface area contributed by atoms with E-state index in [0.717, 1.165) is 5.56 Å². The Morgan fingerprint density at radius 1 is 0.970 bits per heavy atom. The quantitative estimate of drug-likeness (QED) is 0.467. The average Bonchev–Trinajstić information content (AvgIpc) is 3.05. The van der Waals surface area contributed by atoms with Crippen LogP contribution < -0.4 is 9.64 Å². The first kappa shape index (κ1) is 22.3. The summed E-state index contributed by atoms with van der Waals surface area (Å²) in [4.78, 5) is 28.0. The Bertz CT molecular complexity index is 1210. The number of aryl methyl sites for hydroxylation is 1. The lowest BCUT2D eigenvalue weighted by Gasteiger charge is -2.28. The first-order valence-corrected chi connectivity index (χ1v) is 11.0. The van der Waals surface area contributed by atoms with Gasteiger partial charge in [-0.1, -0.05) is 62.4 Å². The van der Waals surface area contributed by atoms with Gasteiger partial charge in [0.15, 0.2) is 11.5 Å². The van der Waals surface area contributed by atoms with E-state index in [-0.39, 0.29) is 23.7 Å². The number of nitrogens with zero attached hydrogens (tertiary/aromatic N) is 1. The maximum Gasteiger partial charge on any atom is 0.294 e. The highest BCUT2D eigenvalue weighted by molar-refractivity contribution is 6.16. The molecule has 1 amide bonds. The SMILES string of the molecule is Cc1ccccc1N1C(=O)C(O)=C(C(=O)CC(C)C)C1c1cccc(Oc2ccccc2)c1. The molecule has 0 saturated carbocycles.